The first-order valence-corrected chi connectivity index (χ1v) is 5.35. The summed E-state index contributed by atoms with van der Waals surface area (Å²) in [6, 6.07) is 8.82. The Morgan fingerprint density at radius 3 is 2.53 bits per heavy atom. The van der Waals surface area contributed by atoms with Gasteiger partial charge in [0.05, 0.1) is 7.11 Å². The molecule has 0 aliphatic heterocycles. The molecule has 1 aromatic heterocycles. The molecule has 5 heteroatoms. The highest BCUT2D eigenvalue weighted by atomic mass is 35.5. The first-order valence-electron chi connectivity index (χ1n) is 4.97. The third-order valence-corrected chi connectivity index (χ3v) is 2.74. The Morgan fingerprint density at radius 2 is 1.88 bits per heavy atom. The van der Waals surface area contributed by atoms with E-state index in [0.29, 0.717) is 22.4 Å². The summed E-state index contributed by atoms with van der Waals surface area (Å²) < 4.78 is 5.15. The molecule has 1 aromatic carbocycles. The molecule has 0 atom stereocenters. The second kappa shape index (κ2) is 4.51. The van der Waals surface area contributed by atoms with Crippen LogP contribution in [0.4, 0.5) is 11.6 Å². The zero-order valence-corrected chi connectivity index (χ0v) is 10.0. The van der Waals surface area contributed by atoms with Gasteiger partial charge in [-0.05, 0) is 30.3 Å². The third-order valence-electron chi connectivity index (χ3n) is 2.41. The molecule has 0 radical (unpaired) electrons. The van der Waals surface area contributed by atoms with Crippen molar-refractivity contribution in [1.82, 2.24) is 4.98 Å². The van der Waals surface area contributed by atoms with E-state index in [-0.39, 0.29) is 0 Å². The quantitative estimate of drug-likeness (QED) is 0.858. The van der Waals surface area contributed by atoms with E-state index in [9.17, 15) is 0 Å². The van der Waals surface area contributed by atoms with E-state index in [1.54, 1.807) is 31.4 Å². The number of anilines is 2. The maximum Gasteiger partial charge on any atom is 0.133 e. The smallest absolute Gasteiger partial charge is 0.133 e. The zero-order chi connectivity index (χ0) is 12.4. The van der Waals surface area contributed by atoms with E-state index in [0.717, 1.165) is 11.1 Å². The number of aromatic nitrogens is 1. The lowest BCUT2D eigenvalue weighted by atomic mass is 10.1. The van der Waals surface area contributed by atoms with Gasteiger partial charge in [0.15, 0.2) is 0 Å². The number of nitrogens with two attached hydrogens (primary N) is 2. The second-order valence-electron chi connectivity index (χ2n) is 3.51. The van der Waals surface area contributed by atoms with Crippen molar-refractivity contribution in [2.75, 3.05) is 18.6 Å². The number of methoxy groups -OCH3 is 1. The number of benzene rings is 1. The van der Waals surface area contributed by atoms with Gasteiger partial charge in [-0.25, -0.2) is 4.98 Å². The molecule has 0 bridgehead atoms. The minimum Gasteiger partial charge on any atom is -0.497 e. The molecule has 0 unspecified atom stereocenters. The van der Waals surface area contributed by atoms with Crippen LogP contribution in [0.1, 0.15) is 0 Å². The third kappa shape index (κ3) is 2.26. The van der Waals surface area contributed by atoms with Crippen LogP contribution in [0.5, 0.6) is 5.75 Å². The molecular weight excluding hydrogens is 238 g/mol. The van der Waals surface area contributed by atoms with Crippen molar-refractivity contribution in [3.8, 4) is 16.9 Å². The largest absolute Gasteiger partial charge is 0.497 e. The summed E-state index contributed by atoms with van der Waals surface area (Å²) >= 11 is 6.13. The fraction of sp³-hybridized carbons (Fsp3) is 0.0833. The van der Waals surface area contributed by atoms with Crippen molar-refractivity contribution in [3.63, 3.8) is 0 Å². The van der Waals surface area contributed by atoms with Crippen molar-refractivity contribution in [2.45, 2.75) is 0 Å². The van der Waals surface area contributed by atoms with Crippen LogP contribution in [-0.2, 0) is 0 Å². The molecule has 0 spiro atoms. The van der Waals surface area contributed by atoms with E-state index in [1.165, 1.54) is 0 Å². The minimum absolute atomic E-state index is 0.347. The molecule has 0 saturated carbocycles. The number of hydrogen-bond acceptors (Lipinski definition) is 4. The highest BCUT2D eigenvalue weighted by molar-refractivity contribution is 6.33. The fourth-order valence-electron chi connectivity index (χ4n) is 1.56. The second-order valence-corrected chi connectivity index (χ2v) is 3.92. The normalized spacial score (nSPS) is 10.2. The average Bonchev–Trinajstić information content (AvgIpc) is 2.30. The van der Waals surface area contributed by atoms with Crippen LogP contribution in [0.3, 0.4) is 0 Å². The number of ether oxygens (including phenoxy) is 1. The molecule has 2 rings (SSSR count). The maximum absolute atomic E-state index is 6.13. The van der Waals surface area contributed by atoms with E-state index >= 15 is 0 Å². The summed E-state index contributed by atoms with van der Waals surface area (Å²) in [4.78, 5) is 4.00. The first-order chi connectivity index (χ1) is 8.11. The van der Waals surface area contributed by atoms with Gasteiger partial charge in [-0.2, -0.15) is 0 Å². The monoisotopic (exact) mass is 249 g/mol. The first kappa shape index (κ1) is 11.5. The number of nitrogen functional groups attached to an aromatic ring is 2. The van der Waals surface area contributed by atoms with Crippen LogP contribution in [0, 0.1) is 0 Å². The predicted molar refractivity (Wildman–Crippen MR) is 70.1 cm³/mol. The average molecular weight is 250 g/mol. The van der Waals surface area contributed by atoms with Crippen LogP contribution < -0.4 is 16.2 Å². The maximum atomic E-state index is 6.13. The van der Waals surface area contributed by atoms with Crippen molar-refractivity contribution >= 4 is 23.2 Å². The van der Waals surface area contributed by atoms with E-state index in [1.807, 2.05) is 6.07 Å². The minimum atomic E-state index is 0.347. The number of hydrogen-bond donors (Lipinski definition) is 2. The zero-order valence-electron chi connectivity index (χ0n) is 9.27. The fourth-order valence-corrected chi connectivity index (χ4v) is 1.78. The molecule has 0 aliphatic rings. The summed E-state index contributed by atoms with van der Waals surface area (Å²) in [5, 5.41) is 0.587. The Hall–Kier alpha value is -1.94. The van der Waals surface area contributed by atoms with Gasteiger partial charge in [-0.15, -0.1) is 0 Å². The molecule has 0 saturated heterocycles. The topological polar surface area (TPSA) is 74.2 Å². The van der Waals surface area contributed by atoms with Gasteiger partial charge < -0.3 is 16.2 Å². The predicted octanol–water partition coefficient (Wildman–Crippen LogP) is 2.57. The summed E-state index contributed by atoms with van der Waals surface area (Å²) in [6.45, 7) is 0. The molecule has 17 heavy (non-hydrogen) atoms. The molecule has 0 amide bonds. The molecule has 4 N–H and O–H groups in total. The van der Waals surface area contributed by atoms with Crippen LogP contribution in [0.25, 0.3) is 11.1 Å². The molecule has 1 heterocycles. The van der Waals surface area contributed by atoms with Crippen LogP contribution in [0.2, 0.25) is 5.02 Å². The van der Waals surface area contributed by atoms with Crippen LogP contribution in [-0.4, -0.2) is 12.1 Å². The molecule has 0 aliphatic carbocycles. The number of halogens is 1. The lowest BCUT2D eigenvalue weighted by Crippen LogP contribution is -1.98. The Kier molecular flexibility index (Phi) is 3.06. The summed E-state index contributed by atoms with van der Waals surface area (Å²) in [7, 11) is 1.59. The van der Waals surface area contributed by atoms with Crippen molar-refractivity contribution in [1.29, 1.82) is 0 Å². The standard InChI is InChI=1S/C12H12ClN3O/c1-17-7-2-4-10(13)9(6-7)8-3-5-11(14)16-12(8)15/h2-6H,1H3,(H4,14,15,16). The summed E-state index contributed by atoms with van der Waals surface area (Å²) in [6.07, 6.45) is 0. The number of pyridine rings is 1. The molecule has 2 aromatic rings. The lowest BCUT2D eigenvalue weighted by molar-refractivity contribution is 0.415. The molecule has 4 nitrogen and oxygen atoms in total. The Labute approximate surface area is 104 Å². The molecule has 88 valence electrons. The number of rotatable bonds is 2. The van der Waals surface area contributed by atoms with Crippen molar-refractivity contribution < 1.29 is 4.74 Å². The van der Waals surface area contributed by atoms with Gasteiger partial charge >= 0.3 is 0 Å². The van der Waals surface area contributed by atoms with Gasteiger partial charge in [-0.3, -0.25) is 0 Å². The van der Waals surface area contributed by atoms with Crippen LogP contribution >= 0.6 is 11.6 Å². The van der Waals surface area contributed by atoms with Gasteiger partial charge in [0.25, 0.3) is 0 Å². The highest BCUT2D eigenvalue weighted by Gasteiger charge is 2.09. The van der Waals surface area contributed by atoms with Gasteiger partial charge in [0, 0.05) is 16.1 Å². The van der Waals surface area contributed by atoms with Gasteiger partial charge in [0.2, 0.25) is 0 Å². The highest BCUT2D eigenvalue weighted by Crippen LogP contribution is 2.34. The lowest BCUT2D eigenvalue weighted by Gasteiger charge is -2.09. The van der Waals surface area contributed by atoms with Gasteiger partial charge in [-0.1, -0.05) is 11.6 Å². The SMILES string of the molecule is COc1ccc(Cl)c(-c2ccc(N)nc2N)c1. The van der Waals surface area contributed by atoms with Gasteiger partial charge in [0.1, 0.15) is 17.4 Å². The van der Waals surface area contributed by atoms with E-state index in [4.69, 9.17) is 27.8 Å². The van der Waals surface area contributed by atoms with Crippen molar-refractivity contribution in [3.05, 3.63) is 35.4 Å². The summed E-state index contributed by atoms with van der Waals surface area (Å²) in [5.74, 6) is 1.44. The van der Waals surface area contributed by atoms with Crippen molar-refractivity contribution in [2.24, 2.45) is 0 Å². The Bertz CT molecular complexity index is 557. The Morgan fingerprint density at radius 1 is 1.12 bits per heavy atom. The molecule has 0 fully saturated rings. The number of nitrogens with zero attached hydrogens (tertiary/aromatic N) is 1. The molecular formula is C12H12ClN3O. The Balaban J connectivity index is 2.59. The summed E-state index contributed by atoms with van der Waals surface area (Å²) in [5.41, 5.74) is 12.9. The van der Waals surface area contributed by atoms with Crippen LogP contribution in [0.15, 0.2) is 30.3 Å². The van der Waals surface area contributed by atoms with E-state index in [2.05, 4.69) is 4.98 Å². The van der Waals surface area contributed by atoms with E-state index < -0.39 is 0 Å².